The number of anilines is 1. The molecule has 1 amide bonds. The van der Waals surface area contributed by atoms with Crippen molar-refractivity contribution in [2.45, 2.75) is 32.1 Å². The average Bonchev–Trinajstić information content (AvgIpc) is 2.68. The third-order valence-corrected chi connectivity index (χ3v) is 5.38. The van der Waals surface area contributed by atoms with E-state index >= 15 is 0 Å². The minimum absolute atomic E-state index is 0.0873. The van der Waals surface area contributed by atoms with Crippen molar-refractivity contribution in [1.82, 2.24) is 10.3 Å². The molecule has 0 bridgehead atoms. The van der Waals surface area contributed by atoms with Gasteiger partial charge in [-0.2, -0.15) is 0 Å². The van der Waals surface area contributed by atoms with Crippen LogP contribution in [0.25, 0.3) is 0 Å². The zero-order chi connectivity index (χ0) is 19.7. The molecule has 2 aromatic rings. The molecule has 2 heterocycles. The Labute approximate surface area is 168 Å². The van der Waals surface area contributed by atoms with Gasteiger partial charge in [0.25, 0.3) is 5.91 Å². The molecule has 2 aliphatic rings. The number of ketones is 1. The maximum Gasteiger partial charge on any atom is 0.255 e. The summed E-state index contributed by atoms with van der Waals surface area (Å²) in [6.45, 7) is 1.87. The first-order valence-corrected chi connectivity index (χ1v) is 9.64. The van der Waals surface area contributed by atoms with Crippen molar-refractivity contribution < 1.29 is 9.59 Å². The summed E-state index contributed by atoms with van der Waals surface area (Å²) in [7, 11) is 0. The molecular weight excluding hydrogens is 374 g/mol. The largest absolute Gasteiger partial charge is 0.362 e. The first-order chi connectivity index (χ1) is 13.5. The van der Waals surface area contributed by atoms with Crippen LogP contribution in [0.5, 0.6) is 0 Å². The second kappa shape index (κ2) is 7.60. The van der Waals surface area contributed by atoms with Crippen LogP contribution in [0.1, 0.15) is 37.7 Å². The number of aromatic nitrogens is 1. The topological polar surface area (TPSA) is 71.1 Å². The van der Waals surface area contributed by atoms with E-state index in [2.05, 4.69) is 15.6 Å². The van der Waals surface area contributed by atoms with Crippen molar-refractivity contribution in [3.63, 3.8) is 0 Å². The molecule has 0 radical (unpaired) electrons. The lowest BCUT2D eigenvalue weighted by molar-refractivity contribution is -0.116. The van der Waals surface area contributed by atoms with Gasteiger partial charge in [0.05, 0.1) is 0 Å². The van der Waals surface area contributed by atoms with Crippen LogP contribution in [0.4, 0.5) is 5.82 Å². The molecule has 1 aliphatic heterocycles. The molecule has 0 unspecified atom stereocenters. The van der Waals surface area contributed by atoms with E-state index in [9.17, 15) is 9.59 Å². The molecule has 0 saturated carbocycles. The molecule has 1 aromatic heterocycles. The molecule has 0 spiro atoms. The predicted molar refractivity (Wildman–Crippen MR) is 109 cm³/mol. The number of rotatable bonds is 3. The van der Waals surface area contributed by atoms with Crippen LogP contribution in [-0.2, 0) is 9.59 Å². The molecule has 1 aromatic carbocycles. The summed E-state index contributed by atoms with van der Waals surface area (Å²) in [5, 5.41) is 6.78. The fraction of sp³-hybridized carbons (Fsp3) is 0.227. The number of hydrogen-bond donors (Lipinski definition) is 2. The fourth-order valence-electron chi connectivity index (χ4n) is 3.89. The van der Waals surface area contributed by atoms with Gasteiger partial charge in [0.15, 0.2) is 5.78 Å². The van der Waals surface area contributed by atoms with Gasteiger partial charge in [-0.05, 0) is 49.6 Å². The summed E-state index contributed by atoms with van der Waals surface area (Å²) in [6.07, 6.45) is 3.75. The lowest BCUT2D eigenvalue weighted by Gasteiger charge is -2.34. The maximum absolute atomic E-state index is 13.2. The van der Waals surface area contributed by atoms with E-state index in [1.165, 1.54) is 0 Å². The van der Waals surface area contributed by atoms with Crippen LogP contribution in [0, 0.1) is 0 Å². The molecule has 6 heteroatoms. The highest BCUT2D eigenvalue weighted by molar-refractivity contribution is 6.30. The van der Waals surface area contributed by atoms with Crippen LogP contribution in [0.3, 0.4) is 0 Å². The molecule has 0 saturated heterocycles. The highest BCUT2D eigenvalue weighted by Crippen LogP contribution is 2.42. The van der Waals surface area contributed by atoms with Crippen LogP contribution in [0.2, 0.25) is 5.02 Å². The van der Waals surface area contributed by atoms with Gasteiger partial charge in [0.2, 0.25) is 0 Å². The van der Waals surface area contributed by atoms with Crippen molar-refractivity contribution in [2.75, 3.05) is 5.32 Å². The number of Topliss-reactive ketones (excluding diaryl/α,β-unsaturated/α-hetero) is 1. The third-order valence-electron chi connectivity index (χ3n) is 5.13. The standard InChI is InChI=1S/C22H20ClN3O2/c1-13-19(22(28)26-18-7-2-3-12-24-18)20(14-8-10-15(23)11-9-14)21-16(25-13)5-4-6-17(21)27/h2-3,7-12,20,25H,4-6H2,1H3,(H,24,26,28)/t20-/m0/s1. The Kier molecular flexibility index (Phi) is 5.01. The number of allylic oxidation sites excluding steroid dienone is 3. The molecule has 0 fully saturated rings. The first kappa shape index (κ1) is 18.4. The summed E-state index contributed by atoms with van der Waals surface area (Å²) in [5.41, 5.74) is 3.76. The second-order valence-corrected chi connectivity index (χ2v) is 7.42. The zero-order valence-electron chi connectivity index (χ0n) is 15.5. The number of benzene rings is 1. The van der Waals surface area contributed by atoms with E-state index in [0.717, 1.165) is 29.8 Å². The normalized spacial score (nSPS) is 19.2. The Hall–Kier alpha value is -2.92. The second-order valence-electron chi connectivity index (χ2n) is 6.99. The molecular formula is C22H20ClN3O2. The van der Waals surface area contributed by atoms with E-state index in [1.54, 1.807) is 30.5 Å². The van der Waals surface area contributed by atoms with Crippen molar-refractivity contribution in [3.05, 3.63) is 81.8 Å². The lowest BCUT2D eigenvalue weighted by Crippen LogP contribution is -2.35. The minimum Gasteiger partial charge on any atom is -0.362 e. The van der Waals surface area contributed by atoms with Crippen molar-refractivity contribution >= 4 is 29.1 Å². The van der Waals surface area contributed by atoms with Crippen LogP contribution >= 0.6 is 11.6 Å². The van der Waals surface area contributed by atoms with E-state index in [-0.39, 0.29) is 11.7 Å². The number of halogens is 1. The Morgan fingerprint density at radius 3 is 2.68 bits per heavy atom. The highest BCUT2D eigenvalue weighted by Gasteiger charge is 2.38. The summed E-state index contributed by atoms with van der Waals surface area (Å²) in [6, 6.07) is 12.7. The Morgan fingerprint density at radius 2 is 1.96 bits per heavy atom. The zero-order valence-corrected chi connectivity index (χ0v) is 16.2. The molecule has 5 nitrogen and oxygen atoms in total. The number of hydrogen-bond acceptors (Lipinski definition) is 4. The van der Waals surface area contributed by atoms with Crippen LogP contribution < -0.4 is 10.6 Å². The Morgan fingerprint density at radius 1 is 1.18 bits per heavy atom. The molecule has 4 rings (SSSR count). The third kappa shape index (κ3) is 3.45. The number of nitrogens with zero attached hydrogens (tertiary/aromatic N) is 1. The van der Waals surface area contributed by atoms with E-state index in [4.69, 9.17) is 11.6 Å². The van der Waals surface area contributed by atoms with Crippen LogP contribution in [-0.4, -0.2) is 16.7 Å². The van der Waals surface area contributed by atoms with E-state index in [1.807, 2.05) is 25.1 Å². The summed E-state index contributed by atoms with van der Waals surface area (Å²) in [5.74, 6) is -0.139. The minimum atomic E-state index is -0.426. The number of carbonyl (C=O) groups excluding carboxylic acids is 2. The molecule has 28 heavy (non-hydrogen) atoms. The monoisotopic (exact) mass is 393 g/mol. The van der Waals surface area contributed by atoms with Gasteiger partial charge in [0, 0.05) is 46.1 Å². The van der Waals surface area contributed by atoms with Gasteiger partial charge in [-0.3, -0.25) is 9.59 Å². The average molecular weight is 394 g/mol. The van der Waals surface area contributed by atoms with Crippen molar-refractivity contribution in [1.29, 1.82) is 0 Å². The van der Waals surface area contributed by atoms with Gasteiger partial charge in [-0.15, -0.1) is 0 Å². The van der Waals surface area contributed by atoms with Gasteiger partial charge in [-0.1, -0.05) is 29.8 Å². The SMILES string of the molecule is CC1=C(C(=O)Nc2ccccn2)[C@H](c2ccc(Cl)cc2)C2=C(CCCC2=O)N1. The Bertz CT molecular complexity index is 994. The van der Waals surface area contributed by atoms with E-state index < -0.39 is 5.92 Å². The van der Waals surface area contributed by atoms with Gasteiger partial charge >= 0.3 is 0 Å². The first-order valence-electron chi connectivity index (χ1n) is 9.26. The molecule has 1 atom stereocenters. The quantitative estimate of drug-likeness (QED) is 0.813. The summed E-state index contributed by atoms with van der Waals surface area (Å²) in [4.78, 5) is 30.2. The maximum atomic E-state index is 13.2. The van der Waals surface area contributed by atoms with E-state index in [0.29, 0.717) is 28.4 Å². The lowest BCUT2D eigenvalue weighted by atomic mass is 9.75. The van der Waals surface area contributed by atoms with Crippen LogP contribution in [0.15, 0.2) is 71.2 Å². The molecule has 142 valence electrons. The number of carbonyl (C=O) groups is 2. The smallest absolute Gasteiger partial charge is 0.255 e. The number of dihydropyridines is 1. The summed E-state index contributed by atoms with van der Waals surface area (Å²) < 4.78 is 0. The van der Waals surface area contributed by atoms with Gasteiger partial charge in [0.1, 0.15) is 5.82 Å². The fourth-order valence-corrected chi connectivity index (χ4v) is 4.02. The van der Waals surface area contributed by atoms with Gasteiger partial charge in [-0.25, -0.2) is 4.98 Å². The Balaban J connectivity index is 1.79. The van der Waals surface area contributed by atoms with Gasteiger partial charge < -0.3 is 10.6 Å². The van der Waals surface area contributed by atoms with Crippen molar-refractivity contribution in [2.24, 2.45) is 0 Å². The van der Waals surface area contributed by atoms with Crippen molar-refractivity contribution in [3.8, 4) is 0 Å². The number of nitrogens with one attached hydrogen (secondary N) is 2. The summed E-state index contributed by atoms with van der Waals surface area (Å²) >= 11 is 6.06. The number of amides is 1. The number of pyridine rings is 1. The molecule has 1 aliphatic carbocycles. The molecule has 2 N–H and O–H groups in total. The predicted octanol–water partition coefficient (Wildman–Crippen LogP) is 4.34. The highest BCUT2D eigenvalue weighted by atomic mass is 35.5.